The lowest BCUT2D eigenvalue weighted by molar-refractivity contribution is -0.139. The SMILES string of the molecule is CC(C)c1cccc(N2C[C@@H](C(=O)N3CCC(C(=O)NCc4ccccc4)CC3)CC2=O)c1. The minimum atomic E-state index is -0.316. The van der Waals surface area contributed by atoms with Crippen LogP contribution in [0.3, 0.4) is 0 Å². The molecule has 0 aliphatic carbocycles. The highest BCUT2D eigenvalue weighted by molar-refractivity contribution is 6.00. The lowest BCUT2D eigenvalue weighted by Crippen LogP contribution is -2.45. The number of likely N-dealkylation sites (tertiary alicyclic amines) is 1. The molecule has 0 bridgehead atoms. The number of benzene rings is 2. The van der Waals surface area contributed by atoms with Gasteiger partial charge in [-0.3, -0.25) is 14.4 Å². The molecule has 1 atom stereocenters. The minimum Gasteiger partial charge on any atom is -0.352 e. The molecule has 6 heteroatoms. The molecule has 4 rings (SSSR count). The number of hydrogen-bond acceptors (Lipinski definition) is 3. The van der Waals surface area contributed by atoms with Gasteiger partial charge in [-0.25, -0.2) is 0 Å². The molecule has 2 aromatic rings. The van der Waals surface area contributed by atoms with Gasteiger partial charge in [0.05, 0.1) is 5.92 Å². The molecule has 2 aliphatic heterocycles. The molecule has 0 unspecified atom stereocenters. The van der Waals surface area contributed by atoms with Crippen LogP contribution in [0.15, 0.2) is 54.6 Å². The Morgan fingerprint density at radius 3 is 2.42 bits per heavy atom. The average Bonchev–Trinajstić information content (AvgIpc) is 3.24. The molecule has 2 heterocycles. The van der Waals surface area contributed by atoms with Crippen molar-refractivity contribution in [2.45, 2.75) is 45.6 Å². The van der Waals surface area contributed by atoms with Gasteiger partial charge in [-0.1, -0.05) is 56.3 Å². The van der Waals surface area contributed by atoms with E-state index >= 15 is 0 Å². The summed E-state index contributed by atoms with van der Waals surface area (Å²) in [6, 6.07) is 17.9. The van der Waals surface area contributed by atoms with E-state index in [9.17, 15) is 14.4 Å². The van der Waals surface area contributed by atoms with Crippen molar-refractivity contribution in [2.24, 2.45) is 11.8 Å². The van der Waals surface area contributed by atoms with Crippen molar-refractivity contribution < 1.29 is 14.4 Å². The van der Waals surface area contributed by atoms with Crippen LogP contribution < -0.4 is 10.2 Å². The predicted octanol–water partition coefficient (Wildman–Crippen LogP) is 3.72. The second-order valence-corrected chi connectivity index (χ2v) is 9.46. The fourth-order valence-corrected chi connectivity index (χ4v) is 4.72. The fraction of sp³-hybridized carbons (Fsp3) is 0.444. The van der Waals surface area contributed by atoms with E-state index in [-0.39, 0.29) is 36.0 Å². The Morgan fingerprint density at radius 1 is 1.00 bits per heavy atom. The zero-order chi connectivity index (χ0) is 23.4. The number of nitrogens with one attached hydrogen (secondary N) is 1. The molecule has 3 amide bonds. The first-order valence-electron chi connectivity index (χ1n) is 11.9. The topological polar surface area (TPSA) is 69.7 Å². The first-order valence-corrected chi connectivity index (χ1v) is 11.9. The van der Waals surface area contributed by atoms with Gasteiger partial charge in [0.15, 0.2) is 0 Å². The number of carbonyl (C=O) groups excluding carboxylic acids is 3. The highest BCUT2D eigenvalue weighted by atomic mass is 16.2. The third kappa shape index (κ3) is 5.44. The summed E-state index contributed by atoms with van der Waals surface area (Å²) >= 11 is 0. The molecule has 2 aliphatic rings. The van der Waals surface area contributed by atoms with E-state index in [0.717, 1.165) is 11.3 Å². The second kappa shape index (κ2) is 10.2. The van der Waals surface area contributed by atoms with Gasteiger partial charge in [0.25, 0.3) is 0 Å². The first-order chi connectivity index (χ1) is 15.9. The van der Waals surface area contributed by atoms with Crippen molar-refractivity contribution in [1.82, 2.24) is 10.2 Å². The van der Waals surface area contributed by atoms with Gasteiger partial charge in [0.2, 0.25) is 17.7 Å². The van der Waals surface area contributed by atoms with Crippen molar-refractivity contribution >= 4 is 23.4 Å². The molecule has 0 spiro atoms. The van der Waals surface area contributed by atoms with Gasteiger partial charge in [-0.2, -0.15) is 0 Å². The lowest BCUT2D eigenvalue weighted by atomic mass is 9.94. The quantitative estimate of drug-likeness (QED) is 0.734. The number of rotatable bonds is 6. The summed E-state index contributed by atoms with van der Waals surface area (Å²) in [5.41, 5.74) is 3.13. The number of piperidine rings is 1. The molecule has 174 valence electrons. The molecule has 0 radical (unpaired) electrons. The number of hydrogen-bond donors (Lipinski definition) is 1. The zero-order valence-corrected chi connectivity index (χ0v) is 19.5. The van der Waals surface area contributed by atoms with Crippen molar-refractivity contribution in [2.75, 3.05) is 24.5 Å². The van der Waals surface area contributed by atoms with E-state index in [1.165, 1.54) is 5.56 Å². The normalized spacial score (nSPS) is 19.2. The summed E-state index contributed by atoms with van der Waals surface area (Å²) in [4.78, 5) is 42.0. The molecule has 0 aromatic heterocycles. The van der Waals surface area contributed by atoms with Crippen molar-refractivity contribution in [3.8, 4) is 0 Å². The van der Waals surface area contributed by atoms with Gasteiger partial charge < -0.3 is 15.1 Å². The van der Waals surface area contributed by atoms with Crippen LogP contribution >= 0.6 is 0 Å². The van der Waals surface area contributed by atoms with E-state index in [4.69, 9.17) is 0 Å². The monoisotopic (exact) mass is 447 g/mol. The van der Waals surface area contributed by atoms with E-state index in [0.29, 0.717) is 44.9 Å². The highest BCUT2D eigenvalue weighted by Crippen LogP contribution is 2.30. The molecular weight excluding hydrogens is 414 g/mol. The largest absolute Gasteiger partial charge is 0.352 e. The van der Waals surface area contributed by atoms with E-state index in [1.807, 2.05) is 47.4 Å². The second-order valence-electron chi connectivity index (χ2n) is 9.46. The molecule has 33 heavy (non-hydrogen) atoms. The lowest BCUT2D eigenvalue weighted by Gasteiger charge is -2.33. The van der Waals surface area contributed by atoms with Crippen LogP contribution in [-0.2, 0) is 20.9 Å². The number of anilines is 1. The van der Waals surface area contributed by atoms with Crippen LogP contribution in [0.25, 0.3) is 0 Å². The van der Waals surface area contributed by atoms with Gasteiger partial charge in [-0.15, -0.1) is 0 Å². The molecule has 2 saturated heterocycles. The molecule has 2 fully saturated rings. The third-order valence-corrected chi connectivity index (χ3v) is 6.81. The van der Waals surface area contributed by atoms with E-state index < -0.39 is 0 Å². The van der Waals surface area contributed by atoms with Gasteiger partial charge in [0.1, 0.15) is 0 Å². The maximum atomic E-state index is 13.1. The van der Waals surface area contributed by atoms with Gasteiger partial charge in [0, 0.05) is 44.2 Å². The van der Waals surface area contributed by atoms with Crippen LogP contribution in [0, 0.1) is 11.8 Å². The maximum Gasteiger partial charge on any atom is 0.228 e. The Hall–Kier alpha value is -3.15. The third-order valence-electron chi connectivity index (χ3n) is 6.81. The van der Waals surface area contributed by atoms with Crippen molar-refractivity contribution in [1.29, 1.82) is 0 Å². The molecule has 1 N–H and O–H groups in total. The summed E-state index contributed by atoms with van der Waals surface area (Å²) in [6.07, 6.45) is 1.57. The molecule has 6 nitrogen and oxygen atoms in total. The van der Waals surface area contributed by atoms with Gasteiger partial charge in [-0.05, 0) is 42.0 Å². The minimum absolute atomic E-state index is 0.00410. The van der Waals surface area contributed by atoms with Gasteiger partial charge >= 0.3 is 0 Å². The summed E-state index contributed by atoms with van der Waals surface area (Å²) in [6.45, 7) is 6.34. The van der Waals surface area contributed by atoms with Crippen molar-refractivity contribution in [3.63, 3.8) is 0 Å². The van der Waals surface area contributed by atoms with E-state index in [1.54, 1.807) is 4.90 Å². The average molecular weight is 448 g/mol. The number of carbonyl (C=O) groups is 3. The van der Waals surface area contributed by atoms with Crippen LogP contribution in [0.4, 0.5) is 5.69 Å². The summed E-state index contributed by atoms with van der Waals surface area (Å²) in [7, 11) is 0. The molecular formula is C27H33N3O3. The van der Waals surface area contributed by atoms with E-state index in [2.05, 4.69) is 31.3 Å². The van der Waals surface area contributed by atoms with Crippen molar-refractivity contribution in [3.05, 3.63) is 65.7 Å². The summed E-state index contributed by atoms with van der Waals surface area (Å²) < 4.78 is 0. The smallest absolute Gasteiger partial charge is 0.228 e. The zero-order valence-electron chi connectivity index (χ0n) is 19.5. The van der Waals surface area contributed by atoms with Crippen LogP contribution in [-0.4, -0.2) is 42.3 Å². The summed E-state index contributed by atoms with van der Waals surface area (Å²) in [5.74, 6) is 0.0878. The number of nitrogens with zero attached hydrogens (tertiary/aromatic N) is 2. The number of amides is 3. The predicted molar refractivity (Wildman–Crippen MR) is 129 cm³/mol. The Balaban J connectivity index is 1.28. The van der Waals surface area contributed by atoms with Crippen LogP contribution in [0.2, 0.25) is 0 Å². The standard InChI is InChI=1S/C27H33N3O3/c1-19(2)22-9-6-10-24(15-22)30-18-23(16-25(30)31)27(33)29-13-11-21(12-14-29)26(32)28-17-20-7-4-3-5-8-20/h3-10,15,19,21,23H,11-14,16-18H2,1-2H3,(H,28,32)/t23-/m0/s1. The fourth-order valence-electron chi connectivity index (χ4n) is 4.72. The Kier molecular flexibility index (Phi) is 7.11. The maximum absolute atomic E-state index is 13.1. The molecule has 0 saturated carbocycles. The Morgan fingerprint density at radius 2 is 1.73 bits per heavy atom. The summed E-state index contributed by atoms with van der Waals surface area (Å²) in [5, 5.41) is 3.02. The Labute approximate surface area is 196 Å². The van der Waals surface area contributed by atoms with Crippen LogP contribution in [0.5, 0.6) is 0 Å². The highest BCUT2D eigenvalue weighted by Gasteiger charge is 2.38. The molecule has 2 aromatic carbocycles. The Bertz CT molecular complexity index is 997. The van der Waals surface area contributed by atoms with Crippen LogP contribution in [0.1, 0.15) is 50.2 Å². The first kappa shape index (κ1) is 23.0.